The number of aryl methyl sites for hydroxylation is 3. The van der Waals surface area contributed by atoms with Crippen molar-refractivity contribution < 1.29 is 5.85 Å². The normalized spacial score (nSPS) is 11.8. The van der Waals surface area contributed by atoms with Gasteiger partial charge in [-0.05, 0) is 44.6 Å². The van der Waals surface area contributed by atoms with E-state index in [4.69, 9.17) is 9.42 Å². The highest BCUT2D eigenvalue weighted by molar-refractivity contribution is 6.49. The molecule has 0 unspecified atom stereocenters. The summed E-state index contributed by atoms with van der Waals surface area (Å²) in [4.78, 5) is 5.03. The molecule has 0 amide bonds. The van der Waals surface area contributed by atoms with Crippen LogP contribution in [0.2, 0.25) is 13.1 Å². The van der Waals surface area contributed by atoms with Gasteiger partial charge in [-0.15, -0.1) is 0 Å². The molecule has 0 bridgehead atoms. The van der Waals surface area contributed by atoms with E-state index >= 15 is 0 Å². The lowest BCUT2D eigenvalue weighted by Gasteiger charge is -2.14. The second-order valence-corrected chi connectivity index (χ2v) is 9.10. The van der Waals surface area contributed by atoms with Gasteiger partial charge in [-0.3, -0.25) is 4.68 Å². The first-order valence-corrected chi connectivity index (χ1v) is 11.6. The van der Waals surface area contributed by atoms with Gasteiger partial charge in [-0.25, -0.2) is 4.99 Å². The minimum atomic E-state index is -1.23. The SMILES string of the molecule is Cc1ccc(N=C(c2ccccc2)c2cn(C)nc2C)c(O[SiH](C)C)c1.[H+]. The Morgan fingerprint density at radius 1 is 1.12 bits per heavy atom. The van der Waals surface area contributed by atoms with Gasteiger partial charge in [0.1, 0.15) is 11.4 Å². The molecule has 134 valence electrons. The van der Waals surface area contributed by atoms with Crippen LogP contribution in [0.3, 0.4) is 0 Å². The third kappa shape index (κ3) is 4.11. The topological polar surface area (TPSA) is 39.4 Å². The summed E-state index contributed by atoms with van der Waals surface area (Å²) in [6.07, 6.45) is 2.02. The maximum Gasteiger partial charge on any atom is 1.00 e. The lowest BCUT2D eigenvalue weighted by molar-refractivity contribution is 0.581. The largest absolute Gasteiger partial charge is 1.00 e. The van der Waals surface area contributed by atoms with Gasteiger partial charge in [-0.1, -0.05) is 36.4 Å². The molecule has 26 heavy (non-hydrogen) atoms. The molecular formula is C21H26N3OSi+. The van der Waals surface area contributed by atoms with E-state index in [0.29, 0.717) is 0 Å². The predicted octanol–water partition coefficient (Wildman–Crippen LogP) is 4.68. The maximum absolute atomic E-state index is 6.15. The second-order valence-electron chi connectivity index (χ2n) is 6.77. The first kappa shape index (κ1) is 18.1. The molecule has 0 aliphatic heterocycles. The van der Waals surface area contributed by atoms with Crippen molar-refractivity contribution in [1.29, 1.82) is 0 Å². The highest BCUT2D eigenvalue weighted by atomic mass is 28.3. The number of benzene rings is 2. The van der Waals surface area contributed by atoms with Crippen LogP contribution in [0, 0.1) is 13.8 Å². The fourth-order valence-electron chi connectivity index (χ4n) is 2.89. The zero-order valence-electron chi connectivity index (χ0n) is 17.0. The molecule has 1 aromatic heterocycles. The summed E-state index contributed by atoms with van der Waals surface area (Å²) in [7, 11) is 0.704. The summed E-state index contributed by atoms with van der Waals surface area (Å²) >= 11 is 0. The van der Waals surface area contributed by atoms with E-state index in [2.05, 4.69) is 49.4 Å². The van der Waals surface area contributed by atoms with Gasteiger partial charge in [0.25, 0.3) is 0 Å². The molecule has 3 aromatic rings. The summed E-state index contributed by atoms with van der Waals surface area (Å²) in [6.45, 7) is 8.42. The number of aromatic nitrogens is 2. The van der Waals surface area contributed by atoms with Crippen molar-refractivity contribution in [3.05, 3.63) is 77.1 Å². The third-order valence-electron chi connectivity index (χ3n) is 4.03. The minimum Gasteiger partial charge on any atom is -0.546 e. The molecule has 5 heteroatoms. The molecule has 0 spiro atoms. The number of hydrogen-bond donors (Lipinski definition) is 0. The standard InChI is InChI=1S/C21H25N3OSi/c1-15-11-12-19(20(13-15)25-26(4)5)22-21(17-9-7-6-8-10-17)18-14-24(3)23-16(18)2/h6-14,26H,1-5H3/p+1. The average molecular weight is 365 g/mol. The van der Waals surface area contributed by atoms with Crippen molar-refractivity contribution >= 4 is 20.4 Å². The van der Waals surface area contributed by atoms with E-state index in [9.17, 15) is 0 Å². The summed E-state index contributed by atoms with van der Waals surface area (Å²) < 4.78 is 7.98. The van der Waals surface area contributed by atoms with Gasteiger partial charge in [-0.2, -0.15) is 5.10 Å². The molecule has 0 aliphatic rings. The zero-order valence-corrected chi connectivity index (χ0v) is 17.2. The highest BCUT2D eigenvalue weighted by Crippen LogP contribution is 2.31. The Balaban J connectivity index is 0.00000261. The average Bonchev–Trinajstić information content (AvgIpc) is 2.92. The fourth-order valence-corrected chi connectivity index (χ4v) is 3.59. The van der Waals surface area contributed by atoms with Crippen LogP contribution in [-0.4, -0.2) is 24.5 Å². The third-order valence-corrected chi connectivity index (χ3v) is 4.75. The number of aliphatic imine (C=N–C) groups is 1. The Labute approximate surface area is 158 Å². The first-order chi connectivity index (χ1) is 12.4. The molecule has 4 nitrogen and oxygen atoms in total. The van der Waals surface area contributed by atoms with Crippen molar-refractivity contribution in [2.45, 2.75) is 26.9 Å². The van der Waals surface area contributed by atoms with Crippen molar-refractivity contribution in [2.75, 3.05) is 0 Å². The van der Waals surface area contributed by atoms with E-state index in [1.807, 2.05) is 49.1 Å². The number of rotatable bonds is 5. The quantitative estimate of drug-likeness (QED) is 0.487. The van der Waals surface area contributed by atoms with Crippen LogP contribution in [0.15, 0.2) is 59.7 Å². The molecule has 0 saturated carbocycles. The Morgan fingerprint density at radius 2 is 1.85 bits per heavy atom. The van der Waals surface area contributed by atoms with Crippen molar-refractivity contribution in [3.63, 3.8) is 0 Å². The molecule has 0 aliphatic carbocycles. The van der Waals surface area contributed by atoms with Crippen LogP contribution in [0.5, 0.6) is 5.75 Å². The van der Waals surface area contributed by atoms with Crippen LogP contribution in [0.1, 0.15) is 23.8 Å². The molecule has 2 aromatic carbocycles. The fraction of sp³-hybridized carbons (Fsp3) is 0.238. The number of hydrogen-bond acceptors (Lipinski definition) is 3. The first-order valence-electron chi connectivity index (χ1n) is 8.86. The van der Waals surface area contributed by atoms with Crippen molar-refractivity contribution in [1.82, 2.24) is 9.78 Å². The van der Waals surface area contributed by atoms with Gasteiger partial charge in [0.05, 0.1) is 11.4 Å². The predicted molar refractivity (Wildman–Crippen MR) is 111 cm³/mol. The van der Waals surface area contributed by atoms with Crippen molar-refractivity contribution in [3.8, 4) is 5.75 Å². The Morgan fingerprint density at radius 3 is 2.46 bits per heavy atom. The van der Waals surface area contributed by atoms with Crippen LogP contribution < -0.4 is 4.43 Å². The smallest absolute Gasteiger partial charge is 0.546 e. The van der Waals surface area contributed by atoms with Gasteiger partial charge in [0.2, 0.25) is 9.04 Å². The van der Waals surface area contributed by atoms with Crippen LogP contribution >= 0.6 is 0 Å². The van der Waals surface area contributed by atoms with E-state index in [1.165, 1.54) is 5.56 Å². The molecule has 0 saturated heterocycles. The molecule has 0 atom stereocenters. The van der Waals surface area contributed by atoms with E-state index in [-0.39, 0.29) is 1.43 Å². The molecular weight excluding hydrogens is 338 g/mol. The van der Waals surface area contributed by atoms with Crippen LogP contribution in [0.4, 0.5) is 5.69 Å². The molecule has 3 rings (SSSR count). The van der Waals surface area contributed by atoms with Crippen molar-refractivity contribution in [2.24, 2.45) is 12.0 Å². The van der Waals surface area contributed by atoms with E-state index < -0.39 is 9.04 Å². The summed E-state index contributed by atoms with van der Waals surface area (Å²) in [5.74, 6) is 0.863. The Hall–Kier alpha value is -2.66. The summed E-state index contributed by atoms with van der Waals surface area (Å²) in [5, 5.41) is 4.50. The van der Waals surface area contributed by atoms with E-state index in [1.54, 1.807) is 0 Å². The Kier molecular flexibility index (Phi) is 5.37. The zero-order chi connectivity index (χ0) is 18.7. The monoisotopic (exact) mass is 364 g/mol. The van der Waals surface area contributed by atoms with Crippen LogP contribution in [-0.2, 0) is 7.05 Å². The summed E-state index contributed by atoms with van der Waals surface area (Å²) in [6, 6.07) is 16.4. The minimum absolute atomic E-state index is 0. The highest BCUT2D eigenvalue weighted by Gasteiger charge is 2.15. The number of nitrogens with zero attached hydrogens (tertiary/aromatic N) is 3. The molecule has 0 radical (unpaired) electrons. The molecule has 1 heterocycles. The molecule has 0 N–H and O–H groups in total. The summed E-state index contributed by atoms with van der Waals surface area (Å²) in [5.41, 5.74) is 6.01. The second kappa shape index (κ2) is 7.70. The Bertz CT molecular complexity index is 936. The van der Waals surface area contributed by atoms with Crippen LogP contribution in [0.25, 0.3) is 0 Å². The van der Waals surface area contributed by atoms with Gasteiger partial charge >= 0.3 is 1.43 Å². The van der Waals surface area contributed by atoms with Gasteiger partial charge < -0.3 is 4.43 Å². The van der Waals surface area contributed by atoms with E-state index in [0.717, 1.165) is 34.0 Å². The van der Waals surface area contributed by atoms with Gasteiger partial charge in [0, 0.05) is 24.4 Å². The molecule has 0 fully saturated rings. The maximum atomic E-state index is 6.15. The van der Waals surface area contributed by atoms with Gasteiger partial charge in [0.15, 0.2) is 0 Å². The lowest BCUT2D eigenvalue weighted by atomic mass is 10.0. The lowest BCUT2D eigenvalue weighted by Crippen LogP contribution is -2.11.